The molecule has 0 saturated heterocycles. The normalized spacial score (nSPS) is 15.7. The molecule has 2 N–H and O–H groups in total. The Labute approximate surface area is 137 Å². The van der Waals surface area contributed by atoms with Gasteiger partial charge >= 0.3 is 6.09 Å². The highest BCUT2D eigenvalue weighted by molar-refractivity contribution is 5.88. The summed E-state index contributed by atoms with van der Waals surface area (Å²) in [6.07, 6.45) is 1.57. The van der Waals surface area contributed by atoms with Crippen LogP contribution in [0.2, 0.25) is 0 Å². The van der Waals surface area contributed by atoms with Crippen LogP contribution in [0.4, 0.5) is 10.5 Å². The number of ether oxygens (including phenoxy) is 3. The van der Waals surface area contributed by atoms with E-state index in [0.29, 0.717) is 17.2 Å². The first-order valence-electron chi connectivity index (χ1n) is 7.70. The first-order valence-corrected chi connectivity index (χ1v) is 7.70. The first kappa shape index (κ1) is 17.4. The Morgan fingerprint density at radius 2 is 1.83 bits per heavy atom. The zero-order chi connectivity index (χ0) is 17.3. The SMILES string of the molecule is CNC1(c2cc(NC(=O)OC(C)(C)C)c(OC)c(OC)c2)CC1. The number of carbonyl (C=O) groups is 1. The van der Waals surface area contributed by atoms with Crippen LogP contribution >= 0.6 is 0 Å². The summed E-state index contributed by atoms with van der Waals surface area (Å²) in [5.41, 5.74) is 0.979. The highest BCUT2D eigenvalue weighted by atomic mass is 16.6. The quantitative estimate of drug-likeness (QED) is 0.871. The van der Waals surface area contributed by atoms with Crippen molar-refractivity contribution in [1.29, 1.82) is 0 Å². The maximum atomic E-state index is 12.1. The number of methoxy groups -OCH3 is 2. The van der Waals surface area contributed by atoms with Gasteiger partial charge < -0.3 is 19.5 Å². The minimum Gasteiger partial charge on any atom is -0.493 e. The fourth-order valence-corrected chi connectivity index (χ4v) is 2.56. The Morgan fingerprint density at radius 1 is 1.17 bits per heavy atom. The number of hydrogen-bond donors (Lipinski definition) is 2. The van der Waals surface area contributed by atoms with Crippen molar-refractivity contribution in [2.45, 2.75) is 44.8 Å². The van der Waals surface area contributed by atoms with E-state index in [1.807, 2.05) is 40.0 Å². The van der Waals surface area contributed by atoms with Gasteiger partial charge in [-0.15, -0.1) is 0 Å². The standard InChI is InChI=1S/C17H26N2O4/c1-16(2,3)23-15(20)19-12-9-11(17(18-4)7-8-17)10-13(21-5)14(12)22-6/h9-10,18H,7-8H2,1-6H3,(H,19,20). The van der Waals surface area contributed by atoms with Gasteiger partial charge in [-0.1, -0.05) is 0 Å². The molecule has 1 saturated carbocycles. The molecule has 1 aliphatic rings. The fraction of sp³-hybridized carbons (Fsp3) is 0.588. The number of rotatable bonds is 5. The molecular formula is C17H26N2O4. The number of carbonyl (C=O) groups excluding carboxylic acids is 1. The van der Waals surface area contributed by atoms with Crippen LogP contribution in [0.1, 0.15) is 39.2 Å². The number of hydrogen-bond acceptors (Lipinski definition) is 5. The molecule has 1 aromatic rings. The molecule has 1 amide bonds. The summed E-state index contributed by atoms with van der Waals surface area (Å²) in [5.74, 6) is 1.06. The van der Waals surface area contributed by atoms with Gasteiger partial charge in [0.05, 0.1) is 19.9 Å². The summed E-state index contributed by atoms with van der Waals surface area (Å²) in [5, 5.41) is 6.10. The molecule has 6 nitrogen and oxygen atoms in total. The number of nitrogens with one attached hydrogen (secondary N) is 2. The van der Waals surface area contributed by atoms with Crippen LogP contribution in [0.25, 0.3) is 0 Å². The molecule has 1 fully saturated rings. The van der Waals surface area contributed by atoms with Gasteiger partial charge in [-0.3, -0.25) is 5.32 Å². The molecule has 1 aromatic carbocycles. The van der Waals surface area contributed by atoms with Gasteiger partial charge in [-0.05, 0) is 58.4 Å². The molecule has 128 valence electrons. The van der Waals surface area contributed by atoms with E-state index in [1.54, 1.807) is 14.2 Å². The molecule has 2 rings (SSSR count). The molecule has 0 aliphatic heterocycles. The van der Waals surface area contributed by atoms with E-state index < -0.39 is 11.7 Å². The second kappa shape index (κ2) is 6.28. The van der Waals surface area contributed by atoms with Crippen molar-refractivity contribution in [1.82, 2.24) is 5.32 Å². The topological polar surface area (TPSA) is 68.8 Å². The summed E-state index contributed by atoms with van der Waals surface area (Å²) < 4.78 is 16.1. The zero-order valence-corrected chi connectivity index (χ0v) is 14.7. The predicted molar refractivity (Wildman–Crippen MR) is 89.4 cm³/mol. The van der Waals surface area contributed by atoms with Crippen LogP contribution < -0.4 is 20.1 Å². The lowest BCUT2D eigenvalue weighted by Gasteiger charge is -2.22. The summed E-state index contributed by atoms with van der Waals surface area (Å²) in [6, 6.07) is 3.86. The monoisotopic (exact) mass is 322 g/mol. The molecule has 6 heteroatoms. The van der Waals surface area contributed by atoms with Crippen LogP contribution in [0.15, 0.2) is 12.1 Å². The van der Waals surface area contributed by atoms with Gasteiger partial charge in [0.1, 0.15) is 5.60 Å². The molecule has 0 heterocycles. The highest BCUT2D eigenvalue weighted by Gasteiger charge is 2.43. The van der Waals surface area contributed by atoms with E-state index in [2.05, 4.69) is 10.6 Å². The van der Waals surface area contributed by atoms with Gasteiger partial charge in [0, 0.05) is 5.54 Å². The average Bonchev–Trinajstić information content (AvgIpc) is 3.25. The molecule has 0 aromatic heterocycles. The molecule has 23 heavy (non-hydrogen) atoms. The molecule has 0 unspecified atom stereocenters. The molecular weight excluding hydrogens is 296 g/mol. The summed E-state index contributed by atoms with van der Waals surface area (Å²) in [7, 11) is 5.06. The Kier molecular flexibility index (Phi) is 4.75. The smallest absolute Gasteiger partial charge is 0.412 e. The lowest BCUT2D eigenvalue weighted by atomic mass is 10.0. The van der Waals surface area contributed by atoms with Crippen molar-refractivity contribution in [3.63, 3.8) is 0 Å². The van der Waals surface area contributed by atoms with Gasteiger partial charge in [0.15, 0.2) is 11.5 Å². The first-order chi connectivity index (χ1) is 10.7. The summed E-state index contributed by atoms with van der Waals surface area (Å²) in [6.45, 7) is 5.46. The maximum Gasteiger partial charge on any atom is 0.412 e. The van der Waals surface area contributed by atoms with E-state index in [9.17, 15) is 4.79 Å². The molecule has 1 aliphatic carbocycles. The lowest BCUT2D eigenvalue weighted by molar-refractivity contribution is 0.0635. The van der Waals surface area contributed by atoms with Crippen molar-refractivity contribution >= 4 is 11.8 Å². The van der Waals surface area contributed by atoms with Crippen LogP contribution in [0.3, 0.4) is 0 Å². The summed E-state index contributed by atoms with van der Waals surface area (Å²) in [4.78, 5) is 12.1. The van der Waals surface area contributed by atoms with Crippen LogP contribution in [-0.2, 0) is 10.3 Å². The van der Waals surface area contributed by atoms with Crippen LogP contribution in [0.5, 0.6) is 11.5 Å². The van der Waals surface area contributed by atoms with Gasteiger partial charge in [-0.2, -0.15) is 0 Å². The Hall–Kier alpha value is -1.95. The minimum absolute atomic E-state index is 0.0517. The Balaban J connectivity index is 2.36. The number of anilines is 1. The predicted octanol–water partition coefficient (Wildman–Crippen LogP) is 3.26. The van der Waals surface area contributed by atoms with E-state index in [0.717, 1.165) is 18.4 Å². The largest absolute Gasteiger partial charge is 0.493 e. The lowest BCUT2D eigenvalue weighted by Crippen LogP contribution is -2.28. The molecule has 0 radical (unpaired) electrons. The van der Waals surface area contributed by atoms with Crippen molar-refractivity contribution in [3.05, 3.63) is 17.7 Å². The third-order valence-corrected chi connectivity index (χ3v) is 3.90. The molecule has 0 atom stereocenters. The van der Waals surface area contributed by atoms with Gasteiger partial charge in [0.25, 0.3) is 0 Å². The summed E-state index contributed by atoms with van der Waals surface area (Å²) >= 11 is 0. The van der Waals surface area contributed by atoms with E-state index >= 15 is 0 Å². The highest BCUT2D eigenvalue weighted by Crippen LogP contribution is 2.49. The van der Waals surface area contributed by atoms with Crippen molar-refractivity contribution in [2.75, 3.05) is 26.6 Å². The van der Waals surface area contributed by atoms with Crippen molar-refractivity contribution < 1.29 is 19.0 Å². The van der Waals surface area contributed by atoms with Gasteiger partial charge in [-0.25, -0.2) is 4.79 Å². The van der Waals surface area contributed by atoms with E-state index in [1.165, 1.54) is 0 Å². The third kappa shape index (κ3) is 3.88. The number of benzene rings is 1. The minimum atomic E-state index is -0.568. The van der Waals surface area contributed by atoms with Crippen molar-refractivity contribution in [3.8, 4) is 11.5 Å². The number of amides is 1. The fourth-order valence-electron chi connectivity index (χ4n) is 2.56. The molecule has 0 bridgehead atoms. The van der Waals surface area contributed by atoms with Crippen LogP contribution in [0, 0.1) is 0 Å². The third-order valence-electron chi connectivity index (χ3n) is 3.90. The second-order valence-corrected chi connectivity index (χ2v) is 6.72. The average molecular weight is 322 g/mol. The second-order valence-electron chi connectivity index (χ2n) is 6.72. The van der Waals surface area contributed by atoms with Gasteiger partial charge in [0.2, 0.25) is 0 Å². The Bertz CT molecular complexity index is 589. The van der Waals surface area contributed by atoms with E-state index in [4.69, 9.17) is 14.2 Å². The Morgan fingerprint density at radius 3 is 2.26 bits per heavy atom. The van der Waals surface area contributed by atoms with Crippen LogP contribution in [-0.4, -0.2) is 33.0 Å². The zero-order valence-electron chi connectivity index (χ0n) is 14.7. The maximum absolute atomic E-state index is 12.1. The molecule has 0 spiro atoms. The van der Waals surface area contributed by atoms with E-state index in [-0.39, 0.29) is 5.54 Å². The van der Waals surface area contributed by atoms with Crippen molar-refractivity contribution in [2.24, 2.45) is 0 Å².